The molecule has 3 heterocycles. The van der Waals surface area contributed by atoms with Gasteiger partial charge < -0.3 is 9.13 Å². The molecule has 0 saturated carbocycles. The first kappa shape index (κ1) is 16.0. The van der Waals surface area contributed by atoms with Crippen LogP contribution >= 0.6 is 23.6 Å². The lowest BCUT2D eigenvalue weighted by Crippen LogP contribution is -2.46. The smallest absolute Gasteiger partial charge is 0.181 e. The Morgan fingerprint density at radius 3 is 2.38 bits per heavy atom. The second-order valence-electron chi connectivity index (χ2n) is 6.37. The fourth-order valence-electron chi connectivity index (χ4n) is 3.41. The van der Waals surface area contributed by atoms with Crippen molar-refractivity contribution in [2.75, 3.05) is 26.2 Å². The summed E-state index contributed by atoms with van der Waals surface area (Å²) < 4.78 is 5.27. The van der Waals surface area contributed by atoms with Crippen LogP contribution in [0, 0.1) is 4.77 Å². The lowest BCUT2D eigenvalue weighted by atomic mass is 10.3. The molecule has 24 heavy (non-hydrogen) atoms. The Bertz CT molecular complexity index is 870. The third kappa shape index (κ3) is 3.07. The highest BCUT2D eigenvalue weighted by Crippen LogP contribution is 2.18. The Kier molecular flexibility index (Phi) is 4.54. The van der Waals surface area contributed by atoms with Crippen LogP contribution in [0.15, 0.2) is 41.8 Å². The molecule has 1 aliphatic heterocycles. The summed E-state index contributed by atoms with van der Waals surface area (Å²) in [4.78, 5) is 6.51. The standard InChI is InChI=1S/C18H22N4S2/c1-19-16-6-2-3-7-17(16)22(18(19)23)14-21-10-8-20(9-11-21)13-15-5-4-12-24-15/h2-7,12H,8-11,13-14H2,1H3. The number of thiophene rings is 1. The minimum atomic E-state index is 0.882. The third-order valence-electron chi connectivity index (χ3n) is 4.82. The number of hydrogen-bond donors (Lipinski definition) is 0. The average Bonchev–Trinajstić information content (AvgIpc) is 3.20. The Morgan fingerprint density at radius 2 is 1.67 bits per heavy atom. The molecule has 0 unspecified atom stereocenters. The van der Waals surface area contributed by atoms with E-state index in [4.69, 9.17) is 12.2 Å². The molecular weight excluding hydrogens is 336 g/mol. The fraction of sp³-hybridized carbons (Fsp3) is 0.389. The molecule has 0 N–H and O–H groups in total. The van der Waals surface area contributed by atoms with Gasteiger partial charge in [-0.1, -0.05) is 18.2 Å². The highest BCUT2D eigenvalue weighted by molar-refractivity contribution is 7.71. The van der Waals surface area contributed by atoms with Gasteiger partial charge in [-0.2, -0.15) is 0 Å². The summed E-state index contributed by atoms with van der Waals surface area (Å²) in [6.45, 7) is 6.39. The van der Waals surface area contributed by atoms with Gasteiger partial charge >= 0.3 is 0 Å². The van der Waals surface area contributed by atoms with Gasteiger partial charge in [-0.05, 0) is 35.8 Å². The Hall–Kier alpha value is -1.47. The summed E-state index contributed by atoms with van der Waals surface area (Å²) in [5.74, 6) is 0. The molecular formula is C18H22N4S2. The Labute approximate surface area is 151 Å². The molecule has 6 heteroatoms. The molecule has 4 nitrogen and oxygen atoms in total. The van der Waals surface area contributed by atoms with Crippen LogP contribution in [-0.2, 0) is 20.3 Å². The normalized spacial score (nSPS) is 16.9. The van der Waals surface area contributed by atoms with E-state index >= 15 is 0 Å². The van der Waals surface area contributed by atoms with E-state index in [-0.39, 0.29) is 0 Å². The van der Waals surface area contributed by atoms with E-state index in [1.165, 1.54) is 15.9 Å². The van der Waals surface area contributed by atoms with E-state index < -0.39 is 0 Å². The zero-order valence-electron chi connectivity index (χ0n) is 13.9. The summed E-state index contributed by atoms with van der Waals surface area (Å²) in [7, 11) is 2.06. The van der Waals surface area contributed by atoms with Crippen LogP contribution in [-0.4, -0.2) is 45.1 Å². The second-order valence-corrected chi connectivity index (χ2v) is 7.77. The Balaban J connectivity index is 1.44. The van der Waals surface area contributed by atoms with Crippen LogP contribution in [0.5, 0.6) is 0 Å². The van der Waals surface area contributed by atoms with Gasteiger partial charge in [-0.25, -0.2) is 0 Å². The van der Waals surface area contributed by atoms with Crippen molar-refractivity contribution in [1.82, 2.24) is 18.9 Å². The van der Waals surface area contributed by atoms with Crippen molar-refractivity contribution in [3.8, 4) is 0 Å². The number of imidazole rings is 1. The van der Waals surface area contributed by atoms with Crippen molar-refractivity contribution in [2.24, 2.45) is 7.05 Å². The van der Waals surface area contributed by atoms with Gasteiger partial charge in [-0.3, -0.25) is 9.80 Å². The molecule has 1 fully saturated rings. The van der Waals surface area contributed by atoms with E-state index in [0.717, 1.165) is 44.2 Å². The number of nitrogens with zero attached hydrogens (tertiary/aromatic N) is 4. The maximum absolute atomic E-state index is 5.65. The minimum Gasteiger partial charge on any atom is -0.320 e. The highest BCUT2D eigenvalue weighted by Gasteiger charge is 2.18. The first-order valence-corrected chi connectivity index (χ1v) is 9.62. The molecule has 3 aromatic rings. The molecule has 1 saturated heterocycles. The summed E-state index contributed by atoms with van der Waals surface area (Å²) in [6.07, 6.45) is 0. The average molecular weight is 359 g/mol. The lowest BCUT2D eigenvalue weighted by Gasteiger charge is -2.34. The van der Waals surface area contributed by atoms with Crippen LogP contribution in [0.2, 0.25) is 0 Å². The molecule has 0 amide bonds. The van der Waals surface area contributed by atoms with Crippen molar-refractivity contribution in [2.45, 2.75) is 13.2 Å². The summed E-state index contributed by atoms with van der Waals surface area (Å²) in [5.41, 5.74) is 2.44. The zero-order chi connectivity index (χ0) is 16.5. The van der Waals surface area contributed by atoms with Gasteiger partial charge in [0.2, 0.25) is 0 Å². The molecule has 0 bridgehead atoms. The van der Waals surface area contributed by atoms with Gasteiger partial charge in [0.25, 0.3) is 0 Å². The maximum Gasteiger partial charge on any atom is 0.181 e. The SMILES string of the molecule is Cn1c(=S)n(CN2CCN(Cc3cccs3)CC2)c2ccccc21. The van der Waals surface area contributed by atoms with Crippen LogP contribution in [0.3, 0.4) is 0 Å². The molecule has 4 rings (SSSR count). The van der Waals surface area contributed by atoms with Crippen LogP contribution in [0.1, 0.15) is 4.88 Å². The number of piperazine rings is 1. The van der Waals surface area contributed by atoms with Gasteiger partial charge in [0.15, 0.2) is 4.77 Å². The quantitative estimate of drug-likeness (QED) is 0.664. The van der Waals surface area contributed by atoms with Gasteiger partial charge in [0.1, 0.15) is 0 Å². The van der Waals surface area contributed by atoms with Gasteiger partial charge in [0.05, 0.1) is 17.7 Å². The minimum absolute atomic E-state index is 0.882. The maximum atomic E-state index is 5.65. The summed E-state index contributed by atoms with van der Waals surface area (Å²) >= 11 is 7.50. The first-order chi connectivity index (χ1) is 11.7. The van der Waals surface area contributed by atoms with Crippen molar-refractivity contribution >= 4 is 34.6 Å². The number of aromatic nitrogens is 2. The van der Waals surface area contributed by atoms with Gasteiger partial charge in [-0.15, -0.1) is 11.3 Å². The lowest BCUT2D eigenvalue weighted by molar-refractivity contribution is 0.104. The molecule has 1 aromatic carbocycles. The first-order valence-electron chi connectivity index (χ1n) is 8.34. The highest BCUT2D eigenvalue weighted by atomic mass is 32.1. The van der Waals surface area contributed by atoms with Crippen molar-refractivity contribution in [3.05, 3.63) is 51.4 Å². The molecule has 0 spiro atoms. The molecule has 126 valence electrons. The number of fused-ring (bicyclic) bond motifs is 1. The largest absolute Gasteiger partial charge is 0.320 e. The van der Waals surface area contributed by atoms with Crippen LogP contribution < -0.4 is 0 Å². The topological polar surface area (TPSA) is 16.3 Å². The second kappa shape index (κ2) is 6.80. The fourth-order valence-corrected chi connectivity index (χ4v) is 4.41. The van der Waals surface area contributed by atoms with E-state index in [9.17, 15) is 0 Å². The summed E-state index contributed by atoms with van der Waals surface area (Å²) in [5, 5.41) is 2.16. The molecule has 1 aliphatic rings. The predicted octanol–water partition coefficient (Wildman–Crippen LogP) is 3.55. The van der Waals surface area contributed by atoms with Gasteiger partial charge in [0, 0.05) is 44.6 Å². The van der Waals surface area contributed by atoms with E-state index in [0.29, 0.717) is 0 Å². The predicted molar refractivity (Wildman–Crippen MR) is 103 cm³/mol. The molecule has 0 aliphatic carbocycles. The molecule has 0 radical (unpaired) electrons. The Morgan fingerprint density at radius 1 is 0.958 bits per heavy atom. The number of para-hydroxylation sites is 2. The zero-order valence-corrected chi connectivity index (χ0v) is 15.5. The van der Waals surface area contributed by atoms with Crippen molar-refractivity contribution in [3.63, 3.8) is 0 Å². The van der Waals surface area contributed by atoms with Crippen molar-refractivity contribution in [1.29, 1.82) is 0 Å². The third-order valence-corrected chi connectivity index (χ3v) is 6.17. The number of aryl methyl sites for hydroxylation is 1. The van der Waals surface area contributed by atoms with E-state index in [1.807, 2.05) is 11.3 Å². The molecule has 2 aromatic heterocycles. The number of benzene rings is 1. The van der Waals surface area contributed by atoms with Crippen LogP contribution in [0.25, 0.3) is 11.0 Å². The van der Waals surface area contributed by atoms with E-state index in [1.54, 1.807) is 0 Å². The van der Waals surface area contributed by atoms with Crippen LogP contribution in [0.4, 0.5) is 0 Å². The van der Waals surface area contributed by atoms with Crippen molar-refractivity contribution < 1.29 is 0 Å². The monoisotopic (exact) mass is 358 g/mol. The summed E-state index contributed by atoms with van der Waals surface area (Å²) in [6, 6.07) is 12.8. The number of rotatable bonds is 4. The number of hydrogen-bond acceptors (Lipinski definition) is 4. The molecule has 0 atom stereocenters. The van der Waals surface area contributed by atoms with E-state index in [2.05, 4.69) is 67.8 Å².